The number of carbonyl (C=O) groups excluding carboxylic acids is 1. The number of carbonyl (C=O) groups is 2. The molecule has 0 unspecified atom stereocenters. The molecule has 3 heterocycles. The Hall–Kier alpha value is -3.18. The summed E-state index contributed by atoms with van der Waals surface area (Å²) in [7, 11) is 0. The lowest BCUT2D eigenvalue weighted by atomic mass is 10.2. The van der Waals surface area contributed by atoms with Crippen LogP contribution in [-0.2, 0) is 11.3 Å². The van der Waals surface area contributed by atoms with Crippen LogP contribution in [0.3, 0.4) is 0 Å². The van der Waals surface area contributed by atoms with Gasteiger partial charge in [-0.2, -0.15) is 18.2 Å². The van der Waals surface area contributed by atoms with Crippen LogP contribution in [0.25, 0.3) is 11.0 Å². The smallest absolute Gasteiger partial charge is 0.471 e. The van der Waals surface area contributed by atoms with Crippen molar-refractivity contribution in [3.63, 3.8) is 0 Å². The molecule has 3 rings (SSSR count). The molecular formula is C16H16F3N5O4. The first kappa shape index (κ1) is 19.6. The summed E-state index contributed by atoms with van der Waals surface area (Å²) in [5, 5.41) is 9.19. The summed E-state index contributed by atoms with van der Waals surface area (Å²) >= 11 is 0. The average Bonchev–Trinajstić information content (AvgIpc) is 2.66. The number of nitrogens with zero attached hydrogens (tertiary/aromatic N) is 5. The molecule has 1 amide bonds. The minimum absolute atomic E-state index is 0.0383. The van der Waals surface area contributed by atoms with E-state index in [1.54, 1.807) is 11.8 Å². The minimum Gasteiger partial charge on any atom is -0.477 e. The van der Waals surface area contributed by atoms with Gasteiger partial charge in [-0.1, -0.05) is 0 Å². The van der Waals surface area contributed by atoms with Crippen molar-refractivity contribution in [1.82, 2.24) is 19.4 Å². The normalized spacial score (nSPS) is 15.1. The van der Waals surface area contributed by atoms with Gasteiger partial charge in [0.2, 0.25) is 11.4 Å². The number of hydrogen-bond acceptors (Lipinski definition) is 6. The molecular weight excluding hydrogens is 383 g/mol. The van der Waals surface area contributed by atoms with E-state index in [0.717, 1.165) is 4.90 Å². The molecule has 1 N–H and O–H groups in total. The van der Waals surface area contributed by atoms with Gasteiger partial charge in [0.15, 0.2) is 0 Å². The highest BCUT2D eigenvalue weighted by Crippen LogP contribution is 2.21. The van der Waals surface area contributed by atoms with E-state index in [1.807, 2.05) is 0 Å². The summed E-state index contributed by atoms with van der Waals surface area (Å²) in [4.78, 5) is 45.5. The van der Waals surface area contributed by atoms with Crippen molar-refractivity contribution in [3.05, 3.63) is 28.2 Å². The maximum absolute atomic E-state index is 12.5. The molecule has 0 bridgehead atoms. The second kappa shape index (κ2) is 7.09. The Bertz CT molecular complexity index is 996. The largest absolute Gasteiger partial charge is 0.477 e. The first-order valence-corrected chi connectivity index (χ1v) is 8.38. The SMILES string of the molecule is CCn1cc(C(=O)O)c(=O)c2cnc(N3CCN(C(=O)C(F)(F)F)CC3)nc21. The molecule has 2 aromatic rings. The summed E-state index contributed by atoms with van der Waals surface area (Å²) in [6, 6.07) is 0. The highest BCUT2D eigenvalue weighted by molar-refractivity contribution is 5.91. The zero-order chi connectivity index (χ0) is 20.6. The summed E-state index contributed by atoms with van der Waals surface area (Å²) in [5.41, 5.74) is -0.874. The Balaban J connectivity index is 1.90. The maximum Gasteiger partial charge on any atom is 0.471 e. The number of carboxylic acid groups (broad SMARTS) is 1. The van der Waals surface area contributed by atoms with Crippen LogP contribution in [0.2, 0.25) is 0 Å². The molecule has 2 aromatic heterocycles. The molecule has 0 spiro atoms. The number of carboxylic acids is 1. The van der Waals surface area contributed by atoms with E-state index in [1.165, 1.54) is 17.0 Å². The van der Waals surface area contributed by atoms with Crippen LogP contribution in [0.4, 0.5) is 19.1 Å². The summed E-state index contributed by atoms with van der Waals surface area (Å²) < 4.78 is 39.1. The van der Waals surface area contributed by atoms with Crippen molar-refractivity contribution < 1.29 is 27.9 Å². The Morgan fingerprint density at radius 1 is 1.21 bits per heavy atom. The van der Waals surface area contributed by atoms with Crippen LogP contribution in [0, 0.1) is 0 Å². The van der Waals surface area contributed by atoms with Crippen molar-refractivity contribution in [2.75, 3.05) is 31.1 Å². The Morgan fingerprint density at radius 3 is 2.39 bits per heavy atom. The second-order valence-electron chi connectivity index (χ2n) is 6.15. The van der Waals surface area contributed by atoms with Crippen LogP contribution in [0.1, 0.15) is 17.3 Å². The fourth-order valence-electron chi connectivity index (χ4n) is 3.00. The number of rotatable bonds is 3. The number of fused-ring (bicyclic) bond motifs is 1. The lowest BCUT2D eigenvalue weighted by Crippen LogP contribution is -2.52. The summed E-state index contributed by atoms with van der Waals surface area (Å²) in [5.74, 6) is -3.05. The lowest BCUT2D eigenvalue weighted by Gasteiger charge is -2.35. The fourth-order valence-corrected chi connectivity index (χ4v) is 3.00. The number of anilines is 1. The monoisotopic (exact) mass is 399 g/mol. The number of aryl methyl sites for hydroxylation is 1. The van der Waals surface area contributed by atoms with E-state index < -0.39 is 29.0 Å². The number of halogens is 3. The van der Waals surface area contributed by atoms with Gasteiger partial charge < -0.3 is 19.5 Å². The molecule has 1 aliphatic heterocycles. The Morgan fingerprint density at radius 2 is 1.86 bits per heavy atom. The molecule has 0 aromatic carbocycles. The van der Waals surface area contributed by atoms with Gasteiger partial charge >= 0.3 is 18.1 Å². The molecule has 0 atom stereocenters. The number of hydrogen-bond donors (Lipinski definition) is 1. The molecule has 9 nitrogen and oxygen atoms in total. The van der Waals surface area contributed by atoms with Crippen molar-refractivity contribution in [2.24, 2.45) is 0 Å². The van der Waals surface area contributed by atoms with Gasteiger partial charge in [-0.25, -0.2) is 9.78 Å². The lowest BCUT2D eigenvalue weighted by molar-refractivity contribution is -0.185. The highest BCUT2D eigenvalue weighted by Gasteiger charge is 2.43. The van der Waals surface area contributed by atoms with Crippen LogP contribution in [-0.4, -0.2) is 68.8 Å². The summed E-state index contributed by atoms with van der Waals surface area (Å²) in [6.45, 7) is 2.00. The standard InChI is InChI=1S/C16H16F3N5O4/c1-2-22-8-10(13(26)27)11(25)9-7-20-15(21-12(9)22)24-5-3-23(4-6-24)14(28)16(17,18)19/h7-8H,2-6H2,1H3,(H,26,27). The van der Waals surface area contributed by atoms with Gasteiger partial charge in [-0.05, 0) is 6.92 Å². The van der Waals surface area contributed by atoms with Gasteiger partial charge in [0.1, 0.15) is 11.2 Å². The van der Waals surface area contributed by atoms with E-state index in [-0.39, 0.29) is 43.2 Å². The van der Waals surface area contributed by atoms with E-state index in [0.29, 0.717) is 6.54 Å². The molecule has 1 saturated heterocycles. The fraction of sp³-hybridized carbons (Fsp3) is 0.438. The molecule has 1 aliphatic rings. The van der Waals surface area contributed by atoms with Gasteiger partial charge in [0.05, 0.1) is 5.39 Å². The molecule has 0 aliphatic carbocycles. The first-order chi connectivity index (χ1) is 13.1. The average molecular weight is 399 g/mol. The highest BCUT2D eigenvalue weighted by atomic mass is 19.4. The van der Waals surface area contributed by atoms with E-state index in [2.05, 4.69) is 9.97 Å². The summed E-state index contributed by atoms with van der Waals surface area (Å²) in [6.07, 6.45) is -2.50. The predicted octanol–water partition coefficient (Wildman–Crippen LogP) is 0.721. The van der Waals surface area contributed by atoms with Crippen LogP contribution < -0.4 is 10.3 Å². The molecule has 12 heteroatoms. The van der Waals surface area contributed by atoms with Crippen molar-refractivity contribution in [1.29, 1.82) is 0 Å². The third-order valence-electron chi connectivity index (χ3n) is 4.47. The number of piperazine rings is 1. The van der Waals surface area contributed by atoms with Crippen LogP contribution in [0.15, 0.2) is 17.2 Å². The second-order valence-corrected chi connectivity index (χ2v) is 6.15. The van der Waals surface area contributed by atoms with Crippen LogP contribution in [0.5, 0.6) is 0 Å². The Kier molecular flexibility index (Phi) is 4.96. The zero-order valence-corrected chi connectivity index (χ0v) is 14.7. The van der Waals surface area contributed by atoms with Crippen molar-refractivity contribution in [2.45, 2.75) is 19.6 Å². The van der Waals surface area contributed by atoms with Crippen LogP contribution >= 0.6 is 0 Å². The molecule has 28 heavy (non-hydrogen) atoms. The molecule has 0 radical (unpaired) electrons. The third-order valence-corrected chi connectivity index (χ3v) is 4.47. The van der Waals surface area contributed by atoms with Crippen molar-refractivity contribution >= 4 is 28.9 Å². The zero-order valence-electron chi connectivity index (χ0n) is 14.7. The third kappa shape index (κ3) is 3.49. The number of amides is 1. The maximum atomic E-state index is 12.5. The topological polar surface area (TPSA) is 109 Å². The Labute approximate surface area is 156 Å². The minimum atomic E-state index is -4.92. The number of pyridine rings is 1. The predicted molar refractivity (Wildman–Crippen MR) is 91.3 cm³/mol. The van der Waals surface area contributed by atoms with Gasteiger partial charge in [0, 0.05) is 45.1 Å². The molecule has 150 valence electrons. The number of alkyl halides is 3. The van der Waals surface area contributed by atoms with Gasteiger partial charge in [-0.3, -0.25) is 9.59 Å². The first-order valence-electron chi connectivity index (χ1n) is 8.38. The van der Waals surface area contributed by atoms with E-state index in [4.69, 9.17) is 5.11 Å². The molecule has 0 saturated carbocycles. The quantitative estimate of drug-likeness (QED) is 0.810. The number of aromatic carboxylic acids is 1. The van der Waals surface area contributed by atoms with E-state index >= 15 is 0 Å². The van der Waals surface area contributed by atoms with Crippen molar-refractivity contribution in [3.8, 4) is 0 Å². The van der Waals surface area contributed by atoms with Gasteiger partial charge in [-0.15, -0.1) is 0 Å². The van der Waals surface area contributed by atoms with E-state index in [9.17, 15) is 27.6 Å². The van der Waals surface area contributed by atoms with Gasteiger partial charge in [0.25, 0.3) is 0 Å². The number of aromatic nitrogens is 3. The molecule has 1 fully saturated rings.